The van der Waals surface area contributed by atoms with Crippen molar-refractivity contribution >= 4 is 55.1 Å². The highest BCUT2D eigenvalue weighted by Gasteiger charge is 2.17. The van der Waals surface area contributed by atoms with Crippen LogP contribution in [0, 0.1) is 12.7 Å². The van der Waals surface area contributed by atoms with Crippen LogP contribution in [0.2, 0.25) is 0 Å². The van der Waals surface area contributed by atoms with Gasteiger partial charge in [0.05, 0.1) is 17.5 Å². The molecule has 0 saturated carbocycles. The molecule has 5 aromatic carbocycles. The summed E-state index contributed by atoms with van der Waals surface area (Å²) in [5.41, 5.74) is 4.33. The molecule has 1 amide bonds. The van der Waals surface area contributed by atoms with Crippen LogP contribution in [0.1, 0.15) is 92.7 Å². The fourth-order valence-electron chi connectivity index (χ4n) is 7.63. The van der Waals surface area contributed by atoms with E-state index in [1.54, 1.807) is 67.6 Å². The van der Waals surface area contributed by atoms with Crippen LogP contribution in [0.25, 0.3) is 27.8 Å². The number of hydrogen-bond acceptors (Lipinski definition) is 11. The number of aromatic hydroxyl groups is 1. The van der Waals surface area contributed by atoms with Gasteiger partial charge in [-0.1, -0.05) is 82.9 Å². The number of unbranched alkanes of at least 4 members (excludes halogenated alkanes) is 9. The van der Waals surface area contributed by atoms with Gasteiger partial charge in [0.25, 0.3) is 5.91 Å². The predicted molar refractivity (Wildman–Crippen MR) is 261 cm³/mol. The average molecular weight is 932 g/mol. The molecule has 67 heavy (non-hydrogen) atoms. The zero-order valence-corrected chi connectivity index (χ0v) is 39.0. The van der Waals surface area contributed by atoms with Crippen molar-refractivity contribution in [2.24, 2.45) is 10.2 Å². The quantitative estimate of drug-likeness (QED) is 0.0273. The number of hydrogen-bond donors (Lipinski definition) is 5. The van der Waals surface area contributed by atoms with E-state index >= 15 is 4.39 Å². The van der Waals surface area contributed by atoms with Gasteiger partial charge in [-0.3, -0.25) is 14.6 Å². The van der Waals surface area contributed by atoms with Crippen LogP contribution in [0.5, 0.6) is 17.2 Å². The van der Waals surface area contributed by atoms with Crippen LogP contribution < -0.4 is 24.8 Å². The van der Waals surface area contributed by atoms with Gasteiger partial charge in [-0.05, 0) is 97.8 Å². The monoisotopic (exact) mass is 931 g/mol. The third-order valence-electron chi connectivity index (χ3n) is 11.2. The minimum Gasteiger partial charge on any atom is -0.506 e. The van der Waals surface area contributed by atoms with Gasteiger partial charge in [0.1, 0.15) is 36.1 Å². The first kappa shape index (κ1) is 47.9. The second-order valence-electron chi connectivity index (χ2n) is 16.5. The molecule has 0 atom stereocenters. The highest BCUT2D eigenvalue weighted by atomic mass is 32.2. The third kappa shape index (κ3) is 13.3. The number of anilines is 2. The molecule has 0 spiro atoms. The number of rotatable bonds is 25. The Kier molecular flexibility index (Phi) is 16.4. The smallest absolute Gasteiger partial charge is 0.255 e. The molecule has 0 unspecified atom stereocenters. The Hall–Kier alpha value is -7.01. The fourth-order valence-corrected chi connectivity index (χ4v) is 8.19. The Labute approximate surface area is 390 Å². The molecule has 7 aromatic rings. The molecular weight excluding hydrogens is 874 g/mol. The lowest BCUT2D eigenvalue weighted by molar-refractivity contribution is 0.0950. The number of azo groups is 1. The number of H-pyrrole nitrogens is 1. The maximum Gasteiger partial charge on any atom is 0.255 e. The number of aromatic amines is 1. The number of phenols is 1. The maximum atomic E-state index is 15.2. The molecule has 0 radical (unpaired) electrons. The van der Waals surface area contributed by atoms with Crippen LogP contribution in [0.15, 0.2) is 107 Å². The van der Waals surface area contributed by atoms with E-state index in [2.05, 4.69) is 47.7 Å². The Morgan fingerprint density at radius 1 is 0.821 bits per heavy atom. The average Bonchev–Trinajstić information content (AvgIpc) is 3.85. The number of carbonyl (C=O) groups is 1. The lowest BCUT2D eigenvalue weighted by atomic mass is 10.0. The maximum absolute atomic E-state index is 15.2. The highest BCUT2D eigenvalue weighted by Crippen LogP contribution is 2.35. The normalized spacial score (nSPS) is 11.7. The summed E-state index contributed by atoms with van der Waals surface area (Å²) >= 11 is 0. The van der Waals surface area contributed by atoms with Crippen LogP contribution in [0.4, 0.5) is 27.1 Å². The summed E-state index contributed by atoms with van der Waals surface area (Å²) in [5.74, 6) is 0.719. The van der Waals surface area contributed by atoms with E-state index in [-0.39, 0.29) is 36.1 Å². The van der Waals surface area contributed by atoms with E-state index in [4.69, 9.17) is 9.47 Å². The molecule has 5 N–H and O–H groups in total. The molecule has 17 heteroatoms. The number of nitrogens with zero attached hydrogens (tertiary/aromatic N) is 5. The Morgan fingerprint density at radius 2 is 1.52 bits per heavy atom. The van der Waals surface area contributed by atoms with Gasteiger partial charge in [0, 0.05) is 40.8 Å². The van der Waals surface area contributed by atoms with Crippen molar-refractivity contribution in [2.75, 3.05) is 36.1 Å². The largest absolute Gasteiger partial charge is 0.506 e. The van der Waals surface area contributed by atoms with Crippen molar-refractivity contribution in [3.63, 3.8) is 0 Å². The first-order chi connectivity index (χ1) is 32.5. The fraction of sp³-hybridized carbons (Fsp3) is 0.340. The number of aryl methyl sites for hydroxylation is 1. The van der Waals surface area contributed by atoms with Gasteiger partial charge in [0.15, 0.2) is 17.3 Å². The zero-order valence-electron chi connectivity index (χ0n) is 38.1. The number of fused-ring (bicyclic) bond motifs is 2. The number of aromatic nitrogens is 4. The van der Waals surface area contributed by atoms with Crippen molar-refractivity contribution in [1.82, 2.24) is 25.1 Å². The molecule has 0 aliphatic rings. The summed E-state index contributed by atoms with van der Waals surface area (Å²) in [6, 6.07) is 27.6. The van der Waals surface area contributed by atoms with Gasteiger partial charge in [0.2, 0.25) is 15.7 Å². The van der Waals surface area contributed by atoms with Crippen molar-refractivity contribution in [3.05, 3.63) is 120 Å². The minimum atomic E-state index is -3.41. The second kappa shape index (κ2) is 22.9. The van der Waals surface area contributed by atoms with E-state index in [0.717, 1.165) is 24.8 Å². The molecular formula is C50H58FN9O6S. The minimum absolute atomic E-state index is 0.0590. The van der Waals surface area contributed by atoms with Crippen molar-refractivity contribution in [2.45, 2.75) is 84.6 Å². The topological polar surface area (TPSA) is 197 Å². The van der Waals surface area contributed by atoms with Crippen LogP contribution in [-0.4, -0.2) is 65.3 Å². The lowest BCUT2D eigenvalue weighted by Crippen LogP contribution is -2.24. The second-order valence-corrected chi connectivity index (χ2v) is 18.3. The van der Waals surface area contributed by atoms with Gasteiger partial charge >= 0.3 is 0 Å². The first-order valence-corrected chi connectivity index (χ1v) is 24.7. The SMILES string of the molecule is CCCCCCCCCCCCNC(=O)c1ccc2c(OCCOc3ccc(NCc4ccc(N=Nc5c(C)[nH]n6nc(-c7ccc(NS(C)(=O)=O)cc7)nc56)c(F)c4)cc3)cccc2c1O. The third-order valence-corrected chi connectivity index (χ3v) is 11.8. The number of ether oxygens (including phenoxy) is 2. The lowest BCUT2D eigenvalue weighted by Gasteiger charge is -2.13. The summed E-state index contributed by atoms with van der Waals surface area (Å²) in [4.78, 5) is 17.5. The molecule has 0 aliphatic carbocycles. The molecule has 0 bridgehead atoms. The predicted octanol–water partition coefficient (Wildman–Crippen LogP) is 11.5. The van der Waals surface area contributed by atoms with Crippen molar-refractivity contribution < 1.29 is 32.2 Å². The Bertz CT molecular complexity index is 2900. The van der Waals surface area contributed by atoms with Gasteiger partial charge in [-0.2, -0.15) is 4.63 Å². The summed E-state index contributed by atoms with van der Waals surface area (Å²) in [7, 11) is -3.41. The molecule has 7 rings (SSSR count). The van der Waals surface area contributed by atoms with Gasteiger partial charge in [-0.25, -0.2) is 17.8 Å². The van der Waals surface area contributed by atoms with Crippen LogP contribution in [0.3, 0.4) is 0 Å². The van der Waals surface area contributed by atoms with Crippen molar-refractivity contribution in [1.29, 1.82) is 0 Å². The highest BCUT2D eigenvalue weighted by molar-refractivity contribution is 7.92. The molecule has 352 valence electrons. The van der Waals surface area contributed by atoms with Crippen molar-refractivity contribution in [3.8, 4) is 28.6 Å². The zero-order chi connectivity index (χ0) is 47.2. The van der Waals surface area contributed by atoms with Gasteiger partial charge in [-0.15, -0.1) is 15.3 Å². The number of carbonyl (C=O) groups excluding carboxylic acids is 1. The first-order valence-electron chi connectivity index (χ1n) is 22.8. The van der Waals surface area contributed by atoms with E-state index in [0.29, 0.717) is 75.0 Å². The van der Waals surface area contributed by atoms with Crippen LogP contribution >= 0.6 is 0 Å². The number of nitrogens with one attached hydrogen (secondary N) is 4. The molecule has 0 aliphatic heterocycles. The number of amides is 1. The summed E-state index contributed by atoms with van der Waals surface area (Å²) in [5, 5.41) is 34.5. The number of halogens is 1. The molecule has 0 fully saturated rings. The Balaban J connectivity index is 0.838. The number of benzene rings is 5. The van der Waals surface area contributed by atoms with Crippen LogP contribution in [-0.2, 0) is 16.6 Å². The molecule has 2 heterocycles. The summed E-state index contributed by atoms with van der Waals surface area (Å²) in [6.45, 7) is 5.49. The van der Waals surface area contributed by atoms with E-state index in [1.807, 2.05) is 30.3 Å². The number of phenolic OH excluding ortho intramolecular Hbond substituents is 1. The van der Waals surface area contributed by atoms with E-state index in [1.165, 1.54) is 62.1 Å². The molecule has 15 nitrogen and oxygen atoms in total. The van der Waals surface area contributed by atoms with E-state index in [9.17, 15) is 18.3 Å². The molecule has 0 saturated heterocycles. The molecule has 2 aromatic heterocycles. The summed E-state index contributed by atoms with van der Waals surface area (Å²) < 4.78 is 54.1. The summed E-state index contributed by atoms with van der Waals surface area (Å²) in [6.07, 6.45) is 13.3. The standard InChI is InChI=1S/C50H58FN9O6S/c1-4-5-6-7-8-9-10-11-12-13-29-52-50(62)42-27-26-40-41(47(42)61)15-14-16-45(40)66-31-30-65-39-24-22-37(23-25-39)53-33-35-17-28-44(43(51)32-35)55-56-46-34(2)57-60-49(46)54-48(58-60)36-18-20-38(21-19-36)59-67(3,63)64/h14-28,32,53,57,59,61H,4-13,29-31,33H2,1-3H3,(H,52,62). The van der Waals surface area contributed by atoms with Gasteiger partial charge < -0.3 is 25.2 Å². The Morgan fingerprint density at radius 3 is 2.24 bits per heavy atom. The van der Waals surface area contributed by atoms with E-state index < -0.39 is 15.8 Å². The number of sulfonamides is 1.